The van der Waals surface area contributed by atoms with Gasteiger partial charge in [0.2, 0.25) is 0 Å². The van der Waals surface area contributed by atoms with E-state index in [9.17, 15) is 9.59 Å². The van der Waals surface area contributed by atoms with Crippen LogP contribution in [0.1, 0.15) is 25.0 Å². The van der Waals surface area contributed by atoms with Gasteiger partial charge in [-0.05, 0) is 80.1 Å². The van der Waals surface area contributed by atoms with Crippen molar-refractivity contribution in [2.75, 3.05) is 17.3 Å². The second kappa shape index (κ2) is 9.51. The van der Waals surface area contributed by atoms with E-state index < -0.39 is 11.8 Å². The number of methoxy groups -OCH3 is 1. The van der Waals surface area contributed by atoms with Crippen LogP contribution in [0, 0.1) is 11.3 Å². The molecular formula is C27H23N3O4. The molecule has 3 aromatic rings. The average Bonchev–Trinajstić information content (AvgIpc) is 3.09. The molecule has 7 heteroatoms. The van der Waals surface area contributed by atoms with Gasteiger partial charge in [0.15, 0.2) is 0 Å². The van der Waals surface area contributed by atoms with Crippen molar-refractivity contribution in [3.8, 4) is 17.6 Å². The second-order valence-electron chi connectivity index (χ2n) is 7.90. The maximum atomic E-state index is 13.5. The Kier molecular flexibility index (Phi) is 6.33. The van der Waals surface area contributed by atoms with Gasteiger partial charge in [0.1, 0.15) is 17.2 Å². The summed E-state index contributed by atoms with van der Waals surface area (Å²) < 4.78 is 10.9. The number of nitriles is 1. The van der Waals surface area contributed by atoms with Crippen molar-refractivity contribution in [3.63, 3.8) is 0 Å². The molecule has 1 N–H and O–H groups in total. The number of carbonyl (C=O) groups excluding carboxylic acids is 2. The quantitative estimate of drug-likeness (QED) is 0.519. The van der Waals surface area contributed by atoms with Crippen molar-refractivity contribution in [3.05, 3.63) is 89.6 Å². The fourth-order valence-corrected chi connectivity index (χ4v) is 3.62. The van der Waals surface area contributed by atoms with Crippen LogP contribution in [0.25, 0.3) is 5.57 Å². The third-order valence-corrected chi connectivity index (χ3v) is 5.21. The zero-order chi connectivity index (χ0) is 24.2. The number of hydrogen-bond donors (Lipinski definition) is 1. The van der Waals surface area contributed by atoms with Crippen LogP contribution in [0.5, 0.6) is 11.5 Å². The van der Waals surface area contributed by atoms with E-state index in [2.05, 4.69) is 5.32 Å². The number of nitrogens with zero attached hydrogens (tertiary/aromatic N) is 2. The molecule has 1 aliphatic rings. The molecule has 0 saturated heterocycles. The molecule has 0 fully saturated rings. The number of hydrogen-bond acceptors (Lipinski definition) is 6. The van der Waals surface area contributed by atoms with E-state index in [-0.39, 0.29) is 17.4 Å². The first-order valence-electron chi connectivity index (χ1n) is 10.7. The maximum Gasteiger partial charge on any atom is 0.282 e. The first kappa shape index (κ1) is 22.6. The third kappa shape index (κ3) is 4.48. The van der Waals surface area contributed by atoms with E-state index >= 15 is 0 Å². The topological polar surface area (TPSA) is 91.7 Å². The molecule has 2 amide bonds. The summed E-state index contributed by atoms with van der Waals surface area (Å²) in [6.45, 7) is 3.86. The van der Waals surface area contributed by atoms with Crippen LogP contribution >= 0.6 is 0 Å². The Morgan fingerprint density at radius 2 is 1.47 bits per heavy atom. The summed E-state index contributed by atoms with van der Waals surface area (Å²) in [7, 11) is 1.57. The molecule has 0 aliphatic carbocycles. The van der Waals surface area contributed by atoms with Gasteiger partial charge in [-0.1, -0.05) is 12.1 Å². The van der Waals surface area contributed by atoms with E-state index in [1.165, 1.54) is 0 Å². The lowest BCUT2D eigenvalue weighted by Crippen LogP contribution is -2.32. The summed E-state index contributed by atoms with van der Waals surface area (Å²) in [5.41, 5.74) is 2.46. The molecule has 0 radical (unpaired) electrons. The minimum atomic E-state index is -0.483. The van der Waals surface area contributed by atoms with Crippen LogP contribution in [0.15, 0.2) is 78.5 Å². The molecule has 34 heavy (non-hydrogen) atoms. The Bertz CT molecular complexity index is 1290. The van der Waals surface area contributed by atoms with Crippen molar-refractivity contribution in [1.29, 1.82) is 5.26 Å². The summed E-state index contributed by atoms with van der Waals surface area (Å²) in [5, 5.41) is 12.2. The lowest BCUT2D eigenvalue weighted by Gasteiger charge is -2.15. The molecule has 1 aliphatic heterocycles. The minimum absolute atomic E-state index is 0.0129. The molecule has 4 rings (SSSR count). The van der Waals surface area contributed by atoms with Crippen molar-refractivity contribution >= 4 is 28.8 Å². The van der Waals surface area contributed by atoms with Crippen molar-refractivity contribution in [2.24, 2.45) is 0 Å². The van der Waals surface area contributed by atoms with Crippen molar-refractivity contribution in [2.45, 2.75) is 20.0 Å². The van der Waals surface area contributed by atoms with E-state index in [1.807, 2.05) is 19.9 Å². The van der Waals surface area contributed by atoms with Gasteiger partial charge in [0.25, 0.3) is 11.8 Å². The van der Waals surface area contributed by atoms with Crippen LogP contribution in [-0.4, -0.2) is 25.0 Å². The zero-order valence-corrected chi connectivity index (χ0v) is 19.0. The number of rotatable bonds is 7. The van der Waals surface area contributed by atoms with Gasteiger partial charge in [0, 0.05) is 5.69 Å². The summed E-state index contributed by atoms with van der Waals surface area (Å²) in [6, 6.07) is 22.5. The number of nitrogens with one attached hydrogen (secondary N) is 1. The highest BCUT2D eigenvalue weighted by Crippen LogP contribution is 2.34. The Morgan fingerprint density at radius 3 is 2.03 bits per heavy atom. The first-order chi connectivity index (χ1) is 16.4. The van der Waals surface area contributed by atoms with Crippen LogP contribution in [-0.2, 0) is 9.59 Å². The summed E-state index contributed by atoms with van der Waals surface area (Å²) >= 11 is 0. The van der Waals surface area contributed by atoms with Crippen LogP contribution in [0.2, 0.25) is 0 Å². The molecule has 0 spiro atoms. The average molecular weight is 453 g/mol. The lowest BCUT2D eigenvalue weighted by atomic mass is 10.0. The Labute approximate surface area is 197 Å². The van der Waals surface area contributed by atoms with Gasteiger partial charge in [0.05, 0.1) is 36.1 Å². The highest BCUT2D eigenvalue weighted by Gasteiger charge is 2.40. The van der Waals surface area contributed by atoms with E-state index in [0.29, 0.717) is 34.0 Å². The highest BCUT2D eigenvalue weighted by atomic mass is 16.5. The van der Waals surface area contributed by atoms with Gasteiger partial charge in [-0.3, -0.25) is 9.59 Å². The Hall–Kier alpha value is -4.57. The largest absolute Gasteiger partial charge is 0.497 e. The first-order valence-corrected chi connectivity index (χ1v) is 10.7. The molecule has 1 heterocycles. The number of benzene rings is 3. The molecule has 0 saturated carbocycles. The standard InChI is InChI=1S/C27H23N3O4/c1-17(2)34-23-12-6-19(7-13-23)24-25(29-20-8-14-22(33-3)15-9-20)27(32)30(26(24)31)21-10-4-18(16-28)5-11-21/h4-15,17,29H,1-3H3. The predicted molar refractivity (Wildman–Crippen MR) is 129 cm³/mol. The molecule has 0 atom stereocenters. The van der Waals surface area contributed by atoms with Crippen molar-refractivity contribution < 1.29 is 19.1 Å². The van der Waals surface area contributed by atoms with Gasteiger partial charge in [-0.15, -0.1) is 0 Å². The van der Waals surface area contributed by atoms with Crippen LogP contribution < -0.4 is 19.7 Å². The van der Waals surface area contributed by atoms with Crippen LogP contribution in [0.3, 0.4) is 0 Å². The normalized spacial score (nSPS) is 13.3. The molecule has 0 bridgehead atoms. The SMILES string of the molecule is COc1ccc(NC2=C(c3ccc(OC(C)C)cc3)C(=O)N(c3ccc(C#N)cc3)C2=O)cc1. The van der Waals surface area contributed by atoms with Gasteiger partial charge in [-0.25, -0.2) is 4.90 Å². The summed E-state index contributed by atoms with van der Waals surface area (Å²) in [4.78, 5) is 28.1. The van der Waals surface area contributed by atoms with Crippen LogP contribution in [0.4, 0.5) is 11.4 Å². The predicted octanol–water partition coefficient (Wildman–Crippen LogP) is 4.75. The number of imide groups is 1. The summed E-state index contributed by atoms with van der Waals surface area (Å²) in [5.74, 6) is 0.407. The monoisotopic (exact) mass is 453 g/mol. The lowest BCUT2D eigenvalue weighted by molar-refractivity contribution is -0.120. The molecule has 3 aromatic carbocycles. The summed E-state index contributed by atoms with van der Waals surface area (Å²) in [6.07, 6.45) is 0.0129. The number of amides is 2. The number of carbonyl (C=O) groups is 2. The fraction of sp³-hybridized carbons (Fsp3) is 0.148. The third-order valence-electron chi connectivity index (χ3n) is 5.21. The smallest absolute Gasteiger partial charge is 0.282 e. The molecule has 0 aromatic heterocycles. The molecule has 170 valence electrons. The van der Waals surface area contributed by atoms with Gasteiger partial charge >= 0.3 is 0 Å². The van der Waals surface area contributed by atoms with Crippen molar-refractivity contribution in [1.82, 2.24) is 0 Å². The highest BCUT2D eigenvalue weighted by molar-refractivity contribution is 6.46. The zero-order valence-electron chi connectivity index (χ0n) is 19.0. The van der Waals surface area contributed by atoms with E-state index in [0.717, 1.165) is 4.90 Å². The second-order valence-corrected chi connectivity index (χ2v) is 7.90. The van der Waals surface area contributed by atoms with E-state index in [1.54, 1.807) is 79.9 Å². The maximum absolute atomic E-state index is 13.5. The fourth-order valence-electron chi connectivity index (χ4n) is 3.62. The number of ether oxygens (including phenoxy) is 2. The number of anilines is 2. The Morgan fingerprint density at radius 1 is 0.853 bits per heavy atom. The van der Waals surface area contributed by atoms with E-state index in [4.69, 9.17) is 14.7 Å². The van der Waals surface area contributed by atoms with Gasteiger partial charge in [-0.2, -0.15) is 5.26 Å². The van der Waals surface area contributed by atoms with Gasteiger partial charge < -0.3 is 14.8 Å². The molecule has 7 nitrogen and oxygen atoms in total. The Balaban J connectivity index is 1.75. The minimum Gasteiger partial charge on any atom is -0.497 e. The molecule has 0 unspecified atom stereocenters. The molecular weight excluding hydrogens is 430 g/mol.